The molecule has 0 atom stereocenters. The number of hydrogen-bond acceptors (Lipinski definition) is 1. The molecule has 1 heterocycles. The maximum atomic E-state index is 2.48. The first-order chi connectivity index (χ1) is 14.3. The highest BCUT2D eigenvalue weighted by molar-refractivity contribution is 7.99. The van der Waals surface area contributed by atoms with E-state index < -0.39 is 0 Å². The smallest absolute Gasteiger partial charge is 0.197 e. The van der Waals surface area contributed by atoms with Gasteiger partial charge < -0.3 is 0 Å². The molecule has 0 bridgehead atoms. The van der Waals surface area contributed by atoms with Gasteiger partial charge in [0.15, 0.2) is 6.20 Å². The number of aromatic nitrogens is 1. The van der Waals surface area contributed by atoms with E-state index in [2.05, 4.69) is 72.3 Å². The molecule has 4 rings (SSSR count). The third kappa shape index (κ3) is 5.85. The van der Waals surface area contributed by atoms with Crippen molar-refractivity contribution in [2.75, 3.05) is 0 Å². The Morgan fingerprint density at radius 1 is 0.862 bits per heavy atom. The van der Waals surface area contributed by atoms with Gasteiger partial charge in [-0.3, -0.25) is 0 Å². The second-order valence-electron chi connectivity index (χ2n) is 8.70. The number of para-hydroxylation sites is 1. The van der Waals surface area contributed by atoms with Crippen molar-refractivity contribution in [2.45, 2.75) is 81.0 Å². The molecule has 0 saturated heterocycles. The van der Waals surface area contributed by atoms with Crippen LogP contribution in [-0.2, 0) is 6.54 Å². The van der Waals surface area contributed by atoms with E-state index in [-0.39, 0.29) is 0 Å². The molecule has 1 aliphatic carbocycles. The lowest BCUT2D eigenvalue weighted by Gasteiger charge is -2.21. The fourth-order valence-electron chi connectivity index (χ4n) is 4.64. The minimum Gasteiger partial charge on any atom is -0.197 e. The normalized spacial score (nSPS) is 15.1. The van der Waals surface area contributed by atoms with Crippen LogP contribution < -0.4 is 4.57 Å². The molecule has 0 unspecified atom stereocenters. The molecule has 0 spiro atoms. The Hall–Kier alpha value is -1.80. The summed E-state index contributed by atoms with van der Waals surface area (Å²) in [7, 11) is 0. The largest absolute Gasteiger partial charge is 0.212 e. The minimum absolute atomic E-state index is 1.02. The number of aryl methyl sites for hydroxylation is 2. The summed E-state index contributed by atoms with van der Waals surface area (Å²) in [6, 6.07) is 20.0. The van der Waals surface area contributed by atoms with E-state index in [1.807, 2.05) is 11.8 Å². The minimum atomic E-state index is 1.02. The van der Waals surface area contributed by atoms with Crippen molar-refractivity contribution in [3.05, 3.63) is 66.4 Å². The van der Waals surface area contributed by atoms with Gasteiger partial charge in [0.1, 0.15) is 6.54 Å². The van der Waals surface area contributed by atoms with E-state index in [1.54, 1.807) is 0 Å². The number of benzene rings is 2. The van der Waals surface area contributed by atoms with E-state index in [9.17, 15) is 0 Å². The van der Waals surface area contributed by atoms with Gasteiger partial charge in [0.05, 0.1) is 4.90 Å². The molecule has 29 heavy (non-hydrogen) atoms. The quantitative estimate of drug-likeness (QED) is 0.274. The van der Waals surface area contributed by atoms with Crippen LogP contribution in [-0.4, -0.2) is 0 Å². The number of rotatable bonds is 8. The molecule has 0 aliphatic heterocycles. The van der Waals surface area contributed by atoms with Crippen LogP contribution in [0.3, 0.4) is 0 Å². The van der Waals surface area contributed by atoms with Crippen LogP contribution in [0.15, 0.2) is 70.6 Å². The highest BCUT2D eigenvalue weighted by Gasteiger charge is 2.14. The molecular weight excluding hydrogens is 370 g/mol. The molecule has 1 aromatic heterocycles. The SMILES string of the molecule is Cc1ccc(Sc2cc3ccccc3[n+](CCCCCC3CCCCC3)c2)cc1. The Labute approximate surface area is 180 Å². The standard InChI is InChI=1S/C27H34NS/c1-22-15-17-25(18-16-22)29-26-20-24-13-7-8-14-27(24)28(21-26)19-9-3-6-12-23-10-4-2-5-11-23/h7-8,13-18,20-21,23H,2-6,9-12,19H2,1H3/q+1. The first-order valence-corrected chi connectivity index (χ1v) is 12.3. The van der Waals surface area contributed by atoms with Gasteiger partial charge in [-0.25, -0.2) is 0 Å². The summed E-state index contributed by atoms with van der Waals surface area (Å²) in [6.07, 6.45) is 15.2. The summed E-state index contributed by atoms with van der Waals surface area (Å²) < 4.78 is 2.48. The maximum Gasteiger partial charge on any atom is 0.212 e. The van der Waals surface area contributed by atoms with Crippen molar-refractivity contribution in [1.82, 2.24) is 0 Å². The second kappa shape index (κ2) is 10.3. The molecular formula is C27H34NS+. The lowest BCUT2D eigenvalue weighted by molar-refractivity contribution is -0.673. The number of nitrogens with zero attached hydrogens (tertiary/aromatic N) is 1. The Kier molecular flexibility index (Phi) is 7.27. The highest BCUT2D eigenvalue weighted by Crippen LogP contribution is 2.29. The van der Waals surface area contributed by atoms with Crippen LogP contribution in [0.1, 0.15) is 63.4 Å². The van der Waals surface area contributed by atoms with Gasteiger partial charge in [-0.2, -0.15) is 4.57 Å². The van der Waals surface area contributed by atoms with Crippen molar-refractivity contribution >= 4 is 22.7 Å². The molecule has 1 aliphatic rings. The van der Waals surface area contributed by atoms with Crippen LogP contribution in [0.2, 0.25) is 0 Å². The molecule has 152 valence electrons. The second-order valence-corrected chi connectivity index (χ2v) is 9.84. The third-order valence-electron chi connectivity index (χ3n) is 6.32. The lowest BCUT2D eigenvalue weighted by Crippen LogP contribution is -2.34. The summed E-state index contributed by atoms with van der Waals surface area (Å²) in [6.45, 7) is 3.26. The Morgan fingerprint density at radius 3 is 2.48 bits per heavy atom. The van der Waals surface area contributed by atoms with Crippen LogP contribution in [0.4, 0.5) is 0 Å². The predicted octanol–water partition coefficient (Wildman–Crippen LogP) is 7.73. The molecule has 0 amide bonds. The number of unbranched alkanes of at least 4 members (excludes halogenated alkanes) is 2. The van der Waals surface area contributed by atoms with Gasteiger partial charge in [0, 0.05) is 22.8 Å². The van der Waals surface area contributed by atoms with E-state index in [1.165, 1.54) is 84.0 Å². The molecule has 1 saturated carbocycles. The van der Waals surface area contributed by atoms with Crippen molar-refractivity contribution in [3.63, 3.8) is 0 Å². The number of pyridine rings is 1. The topological polar surface area (TPSA) is 3.88 Å². The first kappa shape index (κ1) is 20.5. The summed E-state index contributed by atoms with van der Waals surface area (Å²) in [5.41, 5.74) is 2.67. The van der Waals surface area contributed by atoms with E-state index >= 15 is 0 Å². The molecule has 2 aromatic carbocycles. The average molecular weight is 405 g/mol. The maximum absolute atomic E-state index is 2.48. The van der Waals surface area contributed by atoms with Gasteiger partial charge in [-0.1, -0.05) is 86.5 Å². The van der Waals surface area contributed by atoms with Gasteiger partial charge in [-0.05, 0) is 43.5 Å². The van der Waals surface area contributed by atoms with E-state index in [4.69, 9.17) is 0 Å². The van der Waals surface area contributed by atoms with Gasteiger partial charge >= 0.3 is 0 Å². The van der Waals surface area contributed by atoms with E-state index in [0.717, 1.165) is 12.5 Å². The van der Waals surface area contributed by atoms with Crippen molar-refractivity contribution in [3.8, 4) is 0 Å². The summed E-state index contributed by atoms with van der Waals surface area (Å²) in [5.74, 6) is 1.02. The zero-order valence-corrected chi connectivity index (χ0v) is 18.6. The summed E-state index contributed by atoms with van der Waals surface area (Å²) in [4.78, 5) is 2.64. The van der Waals surface area contributed by atoms with Crippen molar-refractivity contribution < 1.29 is 4.57 Å². The first-order valence-electron chi connectivity index (χ1n) is 11.4. The Morgan fingerprint density at radius 2 is 1.66 bits per heavy atom. The zero-order chi connectivity index (χ0) is 19.9. The van der Waals surface area contributed by atoms with Crippen LogP contribution in [0.5, 0.6) is 0 Å². The van der Waals surface area contributed by atoms with Crippen LogP contribution in [0.25, 0.3) is 10.9 Å². The fraction of sp³-hybridized carbons (Fsp3) is 0.444. The molecule has 0 radical (unpaired) electrons. The molecule has 1 nitrogen and oxygen atoms in total. The fourth-order valence-corrected chi connectivity index (χ4v) is 5.55. The summed E-state index contributed by atoms with van der Waals surface area (Å²) >= 11 is 1.87. The van der Waals surface area contributed by atoms with Crippen molar-refractivity contribution in [2.24, 2.45) is 5.92 Å². The van der Waals surface area contributed by atoms with Gasteiger partial charge in [0.25, 0.3) is 0 Å². The molecule has 3 aromatic rings. The van der Waals surface area contributed by atoms with Gasteiger partial charge in [-0.15, -0.1) is 0 Å². The van der Waals surface area contributed by atoms with E-state index in [0.29, 0.717) is 0 Å². The van der Waals surface area contributed by atoms with Gasteiger partial charge in [0.2, 0.25) is 5.52 Å². The lowest BCUT2D eigenvalue weighted by atomic mass is 9.85. The number of fused-ring (bicyclic) bond motifs is 1. The van der Waals surface area contributed by atoms with Crippen LogP contribution >= 0.6 is 11.8 Å². The summed E-state index contributed by atoms with van der Waals surface area (Å²) in [5, 5.41) is 1.34. The molecule has 2 heteroatoms. The Balaban J connectivity index is 1.39. The zero-order valence-electron chi connectivity index (χ0n) is 17.8. The molecule has 0 N–H and O–H groups in total. The van der Waals surface area contributed by atoms with Crippen LogP contribution in [0, 0.1) is 12.8 Å². The third-order valence-corrected chi connectivity index (χ3v) is 7.29. The molecule has 1 fully saturated rings. The highest BCUT2D eigenvalue weighted by atomic mass is 32.2. The average Bonchev–Trinajstić information content (AvgIpc) is 2.76. The monoisotopic (exact) mass is 404 g/mol. The Bertz CT molecular complexity index is 909. The predicted molar refractivity (Wildman–Crippen MR) is 124 cm³/mol. The van der Waals surface area contributed by atoms with Crippen molar-refractivity contribution in [1.29, 1.82) is 0 Å². The number of hydrogen-bond donors (Lipinski definition) is 0.